The van der Waals surface area contributed by atoms with E-state index in [1.165, 1.54) is 0 Å². The van der Waals surface area contributed by atoms with Crippen molar-refractivity contribution in [2.24, 2.45) is 0 Å². The molecule has 0 saturated heterocycles. The predicted octanol–water partition coefficient (Wildman–Crippen LogP) is 3.87. The third-order valence-corrected chi connectivity index (χ3v) is 3.95. The average Bonchev–Trinajstić information content (AvgIpc) is 2.62. The number of rotatable bonds is 6. The lowest BCUT2D eigenvalue weighted by atomic mass is 10.1. The molecule has 0 aliphatic carbocycles. The van der Waals surface area contributed by atoms with Crippen molar-refractivity contribution in [1.82, 2.24) is 9.97 Å². The van der Waals surface area contributed by atoms with Crippen LogP contribution >= 0.6 is 0 Å². The van der Waals surface area contributed by atoms with Crippen molar-refractivity contribution in [3.05, 3.63) is 54.6 Å². The van der Waals surface area contributed by atoms with Crippen LogP contribution in [0.5, 0.6) is 0 Å². The minimum absolute atomic E-state index is 0.167. The van der Waals surface area contributed by atoms with Crippen LogP contribution in [0.25, 0.3) is 22.3 Å². The molecule has 23 heavy (non-hydrogen) atoms. The molecule has 0 spiro atoms. The highest BCUT2D eigenvalue weighted by atomic mass is 16.3. The summed E-state index contributed by atoms with van der Waals surface area (Å²) in [5, 5.41) is 13.7. The normalized spacial score (nSPS) is 12.3. The van der Waals surface area contributed by atoms with Crippen LogP contribution in [0.2, 0.25) is 0 Å². The first kappa shape index (κ1) is 15.4. The molecule has 1 atom stereocenters. The van der Waals surface area contributed by atoms with E-state index in [1.807, 2.05) is 54.6 Å². The van der Waals surface area contributed by atoms with Gasteiger partial charge in [-0.1, -0.05) is 49.4 Å². The maximum atomic E-state index is 9.22. The SMILES string of the molecule is CCC(CCO)Nc1nc(-c2ccccc2)nc2ccccc12. The third kappa shape index (κ3) is 3.48. The zero-order chi connectivity index (χ0) is 16.1. The molecule has 0 radical (unpaired) electrons. The van der Waals surface area contributed by atoms with Crippen molar-refractivity contribution in [3.63, 3.8) is 0 Å². The molecule has 1 unspecified atom stereocenters. The number of nitrogens with zero attached hydrogens (tertiary/aromatic N) is 2. The zero-order valence-corrected chi connectivity index (χ0v) is 13.2. The Morgan fingerprint density at radius 1 is 1.00 bits per heavy atom. The Kier molecular flexibility index (Phi) is 4.83. The van der Waals surface area contributed by atoms with E-state index in [4.69, 9.17) is 4.98 Å². The van der Waals surface area contributed by atoms with Gasteiger partial charge in [-0.25, -0.2) is 9.97 Å². The molecule has 0 aliphatic rings. The third-order valence-electron chi connectivity index (χ3n) is 3.95. The summed E-state index contributed by atoms with van der Waals surface area (Å²) >= 11 is 0. The first-order valence-corrected chi connectivity index (χ1v) is 8.01. The Morgan fingerprint density at radius 3 is 2.48 bits per heavy atom. The molecule has 118 valence electrons. The van der Waals surface area contributed by atoms with Gasteiger partial charge in [-0.2, -0.15) is 0 Å². The van der Waals surface area contributed by atoms with Gasteiger partial charge in [-0.15, -0.1) is 0 Å². The van der Waals surface area contributed by atoms with Gasteiger partial charge in [0, 0.05) is 23.6 Å². The lowest BCUT2D eigenvalue weighted by Crippen LogP contribution is -2.21. The van der Waals surface area contributed by atoms with Gasteiger partial charge in [0.25, 0.3) is 0 Å². The predicted molar refractivity (Wildman–Crippen MR) is 94.4 cm³/mol. The lowest BCUT2D eigenvalue weighted by Gasteiger charge is -2.18. The summed E-state index contributed by atoms with van der Waals surface area (Å²) in [7, 11) is 0. The Bertz CT molecular complexity index is 774. The van der Waals surface area contributed by atoms with E-state index in [0.29, 0.717) is 12.2 Å². The number of aliphatic hydroxyl groups is 1. The number of fused-ring (bicyclic) bond motifs is 1. The van der Waals surface area contributed by atoms with Gasteiger partial charge in [-0.3, -0.25) is 0 Å². The molecule has 0 fully saturated rings. The number of aromatic nitrogens is 2. The molecule has 3 aromatic rings. The number of para-hydroxylation sites is 1. The molecule has 0 saturated carbocycles. The summed E-state index contributed by atoms with van der Waals surface area (Å²) in [4.78, 5) is 9.42. The number of benzene rings is 2. The topological polar surface area (TPSA) is 58.0 Å². The Hall–Kier alpha value is -2.46. The number of hydrogen-bond acceptors (Lipinski definition) is 4. The van der Waals surface area contributed by atoms with Crippen molar-refractivity contribution in [2.45, 2.75) is 25.8 Å². The maximum Gasteiger partial charge on any atom is 0.162 e. The van der Waals surface area contributed by atoms with Gasteiger partial charge >= 0.3 is 0 Å². The quantitative estimate of drug-likeness (QED) is 0.726. The molecule has 3 rings (SSSR count). The number of nitrogens with one attached hydrogen (secondary N) is 1. The van der Waals surface area contributed by atoms with Crippen LogP contribution in [-0.2, 0) is 0 Å². The lowest BCUT2D eigenvalue weighted by molar-refractivity contribution is 0.278. The fourth-order valence-corrected chi connectivity index (χ4v) is 2.63. The fourth-order valence-electron chi connectivity index (χ4n) is 2.63. The molecule has 2 N–H and O–H groups in total. The molecular weight excluding hydrogens is 286 g/mol. The van der Waals surface area contributed by atoms with Crippen LogP contribution in [0.3, 0.4) is 0 Å². The summed E-state index contributed by atoms with van der Waals surface area (Å²) in [6, 6.07) is 18.2. The first-order chi connectivity index (χ1) is 11.3. The van der Waals surface area contributed by atoms with Crippen molar-refractivity contribution in [1.29, 1.82) is 0 Å². The van der Waals surface area contributed by atoms with Gasteiger partial charge in [0.1, 0.15) is 5.82 Å². The van der Waals surface area contributed by atoms with Crippen molar-refractivity contribution < 1.29 is 5.11 Å². The van der Waals surface area contributed by atoms with Crippen LogP contribution in [-0.4, -0.2) is 27.7 Å². The fraction of sp³-hybridized carbons (Fsp3) is 0.263. The van der Waals surface area contributed by atoms with Crippen molar-refractivity contribution in [3.8, 4) is 11.4 Å². The molecular formula is C19H21N3O. The summed E-state index contributed by atoms with van der Waals surface area (Å²) in [6.07, 6.45) is 1.63. The van der Waals surface area contributed by atoms with Crippen molar-refractivity contribution >= 4 is 16.7 Å². The summed E-state index contributed by atoms with van der Waals surface area (Å²) < 4.78 is 0. The molecule has 4 heteroatoms. The van der Waals surface area contributed by atoms with Gasteiger partial charge in [0.2, 0.25) is 0 Å². The van der Waals surface area contributed by atoms with Gasteiger partial charge in [0.15, 0.2) is 5.82 Å². The molecule has 0 bridgehead atoms. The molecule has 0 amide bonds. The van der Waals surface area contributed by atoms with Crippen LogP contribution in [0.4, 0.5) is 5.82 Å². The number of hydrogen-bond donors (Lipinski definition) is 2. The van der Waals surface area contributed by atoms with Crippen LogP contribution in [0.15, 0.2) is 54.6 Å². The van der Waals surface area contributed by atoms with E-state index < -0.39 is 0 Å². The van der Waals surface area contributed by atoms with E-state index in [9.17, 15) is 5.11 Å². The van der Waals surface area contributed by atoms with E-state index in [-0.39, 0.29) is 12.6 Å². The summed E-state index contributed by atoms with van der Waals surface area (Å²) in [5.74, 6) is 1.54. The highest BCUT2D eigenvalue weighted by molar-refractivity contribution is 5.90. The van der Waals surface area contributed by atoms with E-state index in [1.54, 1.807) is 0 Å². The second kappa shape index (κ2) is 7.20. The molecule has 1 aromatic heterocycles. The Balaban J connectivity index is 2.07. The van der Waals surface area contributed by atoms with Gasteiger partial charge < -0.3 is 10.4 Å². The molecule has 2 aromatic carbocycles. The van der Waals surface area contributed by atoms with Crippen LogP contribution in [0, 0.1) is 0 Å². The Morgan fingerprint density at radius 2 is 1.74 bits per heavy atom. The smallest absolute Gasteiger partial charge is 0.162 e. The summed E-state index contributed by atoms with van der Waals surface area (Å²) in [5.41, 5.74) is 1.92. The second-order valence-corrected chi connectivity index (χ2v) is 5.54. The van der Waals surface area contributed by atoms with Gasteiger partial charge in [-0.05, 0) is 25.0 Å². The zero-order valence-electron chi connectivity index (χ0n) is 13.2. The van der Waals surface area contributed by atoms with Crippen LogP contribution in [0.1, 0.15) is 19.8 Å². The minimum atomic E-state index is 0.167. The summed E-state index contributed by atoms with van der Waals surface area (Å²) in [6.45, 7) is 2.27. The molecule has 4 nitrogen and oxygen atoms in total. The van der Waals surface area contributed by atoms with E-state index >= 15 is 0 Å². The largest absolute Gasteiger partial charge is 0.396 e. The standard InChI is InChI=1S/C19H21N3O/c1-2-15(12-13-23)20-19-16-10-6-7-11-17(16)21-18(22-19)14-8-4-3-5-9-14/h3-11,15,23H,2,12-13H2,1H3,(H,20,21,22). The first-order valence-electron chi connectivity index (χ1n) is 8.01. The maximum absolute atomic E-state index is 9.22. The monoisotopic (exact) mass is 307 g/mol. The number of aliphatic hydroxyl groups excluding tert-OH is 1. The second-order valence-electron chi connectivity index (χ2n) is 5.54. The Labute approximate surface area is 136 Å². The average molecular weight is 307 g/mol. The highest BCUT2D eigenvalue weighted by Gasteiger charge is 2.12. The molecule has 0 aliphatic heterocycles. The van der Waals surface area contributed by atoms with E-state index in [2.05, 4.69) is 17.2 Å². The van der Waals surface area contributed by atoms with Gasteiger partial charge in [0.05, 0.1) is 5.52 Å². The molecule has 1 heterocycles. The van der Waals surface area contributed by atoms with Crippen molar-refractivity contribution in [2.75, 3.05) is 11.9 Å². The minimum Gasteiger partial charge on any atom is -0.396 e. The highest BCUT2D eigenvalue weighted by Crippen LogP contribution is 2.25. The van der Waals surface area contributed by atoms with E-state index in [0.717, 1.165) is 28.7 Å². The number of anilines is 1. The van der Waals surface area contributed by atoms with Crippen LogP contribution < -0.4 is 5.32 Å².